The fourth-order valence-corrected chi connectivity index (χ4v) is 4.04. The molecule has 0 radical (unpaired) electrons. The number of hydrogen-bond donors (Lipinski definition) is 1. The van der Waals surface area contributed by atoms with E-state index in [9.17, 15) is 9.59 Å². The second-order valence-electron chi connectivity index (χ2n) is 5.67. The van der Waals surface area contributed by atoms with Crippen molar-refractivity contribution < 1.29 is 19.4 Å². The maximum Gasteiger partial charge on any atom is 0.309 e. The van der Waals surface area contributed by atoms with E-state index in [1.54, 1.807) is 18.2 Å². The van der Waals surface area contributed by atoms with Crippen LogP contribution in [-0.2, 0) is 20.9 Å². The molecule has 1 aromatic rings. The van der Waals surface area contributed by atoms with Crippen molar-refractivity contribution in [2.75, 3.05) is 0 Å². The van der Waals surface area contributed by atoms with E-state index in [0.717, 1.165) is 12.0 Å². The van der Waals surface area contributed by atoms with Crippen LogP contribution >= 0.6 is 23.2 Å². The minimum Gasteiger partial charge on any atom is -0.481 e. The quantitative estimate of drug-likeness (QED) is 0.860. The Kier molecular flexibility index (Phi) is 3.84. The van der Waals surface area contributed by atoms with Gasteiger partial charge >= 0.3 is 11.9 Å². The van der Waals surface area contributed by atoms with Gasteiger partial charge in [-0.1, -0.05) is 23.2 Å². The van der Waals surface area contributed by atoms with E-state index < -0.39 is 5.97 Å². The molecule has 0 spiro atoms. The van der Waals surface area contributed by atoms with Gasteiger partial charge in [0.05, 0.1) is 11.8 Å². The van der Waals surface area contributed by atoms with Crippen molar-refractivity contribution in [1.29, 1.82) is 0 Å². The van der Waals surface area contributed by atoms with E-state index in [0.29, 0.717) is 16.5 Å². The molecule has 1 N–H and O–H groups in total. The molecule has 2 saturated carbocycles. The van der Waals surface area contributed by atoms with Crippen LogP contribution in [0.25, 0.3) is 0 Å². The minimum atomic E-state index is -0.802. The van der Waals surface area contributed by atoms with Gasteiger partial charge in [-0.25, -0.2) is 0 Å². The molecular weight excluding hydrogens is 315 g/mol. The van der Waals surface area contributed by atoms with Gasteiger partial charge < -0.3 is 9.84 Å². The molecule has 112 valence electrons. The first-order chi connectivity index (χ1) is 9.97. The van der Waals surface area contributed by atoms with Crippen molar-refractivity contribution in [3.63, 3.8) is 0 Å². The van der Waals surface area contributed by atoms with E-state index in [-0.39, 0.29) is 36.2 Å². The molecule has 1 aromatic carbocycles. The summed E-state index contributed by atoms with van der Waals surface area (Å²) >= 11 is 11.8. The molecule has 2 aliphatic carbocycles. The number of carboxylic acids is 1. The Morgan fingerprint density at radius 1 is 1.19 bits per heavy atom. The van der Waals surface area contributed by atoms with Crippen LogP contribution in [0.4, 0.5) is 0 Å². The summed E-state index contributed by atoms with van der Waals surface area (Å²) in [5.74, 6) is -1.66. The van der Waals surface area contributed by atoms with E-state index in [1.807, 2.05) is 0 Å². The van der Waals surface area contributed by atoms with Crippen LogP contribution in [0.1, 0.15) is 18.4 Å². The predicted molar refractivity (Wildman–Crippen MR) is 77.1 cm³/mol. The Hall–Kier alpha value is -1.26. The second-order valence-corrected chi connectivity index (χ2v) is 6.55. The third-order valence-electron chi connectivity index (χ3n) is 4.40. The number of hydrogen-bond acceptors (Lipinski definition) is 3. The maximum atomic E-state index is 12.1. The number of ether oxygens (including phenoxy) is 1. The number of carbonyl (C=O) groups is 2. The summed E-state index contributed by atoms with van der Waals surface area (Å²) in [6.07, 6.45) is 1.51. The van der Waals surface area contributed by atoms with Gasteiger partial charge in [0.2, 0.25) is 0 Å². The molecule has 0 heterocycles. The summed E-state index contributed by atoms with van der Waals surface area (Å²) in [4.78, 5) is 23.1. The first-order valence-electron chi connectivity index (χ1n) is 6.82. The van der Waals surface area contributed by atoms with Gasteiger partial charge in [-0.15, -0.1) is 0 Å². The Bertz CT molecular complexity index is 581. The molecule has 0 amide bonds. The van der Waals surface area contributed by atoms with Crippen LogP contribution in [0.3, 0.4) is 0 Å². The van der Waals surface area contributed by atoms with Crippen molar-refractivity contribution in [2.24, 2.45) is 23.7 Å². The molecule has 0 saturated heterocycles. The highest BCUT2D eigenvalue weighted by Gasteiger charge is 2.63. The van der Waals surface area contributed by atoms with Crippen LogP contribution < -0.4 is 0 Å². The van der Waals surface area contributed by atoms with Crippen molar-refractivity contribution in [3.05, 3.63) is 33.8 Å². The molecular formula is C15H14Cl2O4. The number of carboxylic acid groups (broad SMARTS) is 1. The van der Waals surface area contributed by atoms with Crippen LogP contribution in [0.15, 0.2) is 18.2 Å². The molecule has 2 fully saturated rings. The zero-order valence-corrected chi connectivity index (χ0v) is 12.6. The number of benzene rings is 1. The Balaban J connectivity index is 1.59. The number of halogens is 2. The number of esters is 1. The van der Waals surface area contributed by atoms with Gasteiger partial charge in [0, 0.05) is 10.0 Å². The minimum absolute atomic E-state index is 0.0436. The van der Waals surface area contributed by atoms with Crippen molar-refractivity contribution >= 4 is 35.1 Å². The summed E-state index contributed by atoms with van der Waals surface area (Å²) in [5, 5.41) is 10.0. The zero-order chi connectivity index (χ0) is 15.1. The topological polar surface area (TPSA) is 63.6 Å². The van der Waals surface area contributed by atoms with Gasteiger partial charge in [-0.05, 0) is 48.4 Å². The van der Waals surface area contributed by atoms with Crippen molar-refractivity contribution in [3.8, 4) is 0 Å². The smallest absolute Gasteiger partial charge is 0.309 e. The zero-order valence-electron chi connectivity index (χ0n) is 11.1. The number of fused-ring (bicyclic) bond motifs is 1. The Morgan fingerprint density at radius 3 is 2.43 bits per heavy atom. The van der Waals surface area contributed by atoms with E-state index in [4.69, 9.17) is 33.0 Å². The van der Waals surface area contributed by atoms with Gasteiger partial charge in [0.1, 0.15) is 6.61 Å². The average Bonchev–Trinajstić information content (AvgIpc) is 2.96. The van der Waals surface area contributed by atoms with Gasteiger partial charge in [-0.3, -0.25) is 9.59 Å². The first-order valence-corrected chi connectivity index (χ1v) is 7.57. The molecule has 21 heavy (non-hydrogen) atoms. The number of aliphatic carboxylic acids is 1. The molecule has 2 aliphatic rings. The van der Waals surface area contributed by atoms with Crippen LogP contribution in [-0.4, -0.2) is 17.0 Å². The lowest BCUT2D eigenvalue weighted by atomic mass is 10.0. The Labute approximate surface area is 132 Å². The number of carbonyl (C=O) groups excluding carboxylic acids is 1. The second kappa shape index (κ2) is 5.50. The highest BCUT2D eigenvalue weighted by molar-refractivity contribution is 6.34. The van der Waals surface area contributed by atoms with Crippen LogP contribution in [0.2, 0.25) is 10.0 Å². The monoisotopic (exact) mass is 328 g/mol. The highest BCUT2D eigenvalue weighted by atomic mass is 35.5. The molecule has 0 aliphatic heterocycles. The fraction of sp³-hybridized carbons (Fsp3) is 0.467. The molecule has 4 unspecified atom stereocenters. The normalized spacial score (nSPS) is 29.8. The highest BCUT2D eigenvalue weighted by Crippen LogP contribution is 2.60. The third kappa shape index (κ3) is 2.87. The van der Waals surface area contributed by atoms with Crippen LogP contribution in [0.5, 0.6) is 0 Å². The van der Waals surface area contributed by atoms with E-state index >= 15 is 0 Å². The van der Waals surface area contributed by atoms with Crippen molar-refractivity contribution in [1.82, 2.24) is 0 Å². The largest absolute Gasteiger partial charge is 0.481 e. The summed E-state index contributed by atoms with van der Waals surface area (Å²) in [6, 6.07) is 4.99. The van der Waals surface area contributed by atoms with Gasteiger partial charge in [0.15, 0.2) is 0 Å². The average molecular weight is 329 g/mol. The molecule has 4 atom stereocenters. The predicted octanol–water partition coefficient (Wildman–Crippen LogP) is 3.39. The summed E-state index contributed by atoms with van der Waals surface area (Å²) in [7, 11) is 0. The van der Waals surface area contributed by atoms with Crippen LogP contribution in [0, 0.1) is 23.7 Å². The molecule has 0 bridgehead atoms. The molecule has 3 rings (SSSR count). The van der Waals surface area contributed by atoms with Gasteiger partial charge in [-0.2, -0.15) is 0 Å². The summed E-state index contributed by atoms with van der Waals surface area (Å²) < 4.78 is 5.30. The van der Waals surface area contributed by atoms with E-state index in [2.05, 4.69) is 0 Å². The maximum absolute atomic E-state index is 12.1. The van der Waals surface area contributed by atoms with Crippen molar-refractivity contribution in [2.45, 2.75) is 19.4 Å². The molecule has 6 heteroatoms. The van der Waals surface area contributed by atoms with Gasteiger partial charge in [0.25, 0.3) is 0 Å². The first kappa shape index (κ1) is 14.7. The third-order valence-corrected chi connectivity index (χ3v) is 4.83. The summed E-state index contributed by atoms with van der Waals surface area (Å²) in [6.45, 7) is 0.102. The lowest BCUT2D eigenvalue weighted by Crippen LogP contribution is -2.20. The number of rotatable bonds is 4. The Morgan fingerprint density at radius 2 is 1.86 bits per heavy atom. The summed E-state index contributed by atoms with van der Waals surface area (Å²) in [5.41, 5.74) is 0.723. The lowest BCUT2D eigenvalue weighted by molar-refractivity contribution is -0.151. The lowest BCUT2D eigenvalue weighted by Gasteiger charge is -2.13. The fourth-order valence-electron chi connectivity index (χ4n) is 3.46. The van der Waals surface area contributed by atoms with E-state index in [1.165, 1.54) is 0 Å². The molecule has 4 nitrogen and oxygen atoms in total. The SMILES string of the molecule is O=C(OCc1cc(Cl)cc(Cl)c1)C1CCC2C(C(=O)O)C12. The standard InChI is InChI=1S/C15H14Cl2O4/c16-8-3-7(4-9(17)5-8)6-21-15(20)11-2-1-10-12(11)13(10)14(18)19/h3-5,10-13H,1-2,6H2,(H,18,19). The molecule has 0 aromatic heterocycles.